The monoisotopic (exact) mass is 333 g/mol. The van der Waals surface area contributed by atoms with E-state index < -0.39 is 10.0 Å². The minimum absolute atomic E-state index is 0.0164. The van der Waals surface area contributed by atoms with Crippen LogP contribution in [-0.4, -0.2) is 43.9 Å². The Balaban J connectivity index is 2.24. The highest BCUT2D eigenvalue weighted by Crippen LogP contribution is 2.21. The normalized spacial score (nSPS) is 21.2. The molecule has 18 heavy (non-hydrogen) atoms. The molecule has 1 N–H and O–H groups in total. The van der Waals surface area contributed by atoms with Crippen molar-refractivity contribution in [3.63, 3.8) is 0 Å². The fourth-order valence-electron chi connectivity index (χ4n) is 2.04. The summed E-state index contributed by atoms with van der Waals surface area (Å²) in [5, 5.41) is 3.22. The molecule has 0 aliphatic carbocycles. The molecule has 0 saturated carbocycles. The Morgan fingerprint density at radius 2 is 2.28 bits per heavy atom. The van der Waals surface area contributed by atoms with E-state index in [2.05, 4.69) is 26.2 Å². The Kier molecular flexibility index (Phi) is 4.37. The molecule has 0 amide bonds. The third-order valence-corrected chi connectivity index (χ3v) is 5.45. The molecule has 0 spiro atoms. The van der Waals surface area contributed by atoms with Crippen LogP contribution in [0, 0.1) is 0 Å². The molecule has 5 nitrogen and oxygen atoms in total. The first kappa shape index (κ1) is 13.9. The maximum atomic E-state index is 12.4. The average molecular weight is 334 g/mol. The molecule has 0 radical (unpaired) electrons. The maximum absolute atomic E-state index is 12.4. The standard InChI is InChI=1S/C11H16BrN3O2S/c1-15(10-3-2-4-13-7-10)18(16,17)11-5-9(12)6-14-8-11/h5-6,8,10,13H,2-4,7H2,1H3. The molecule has 0 aromatic carbocycles. The van der Waals surface area contributed by atoms with Crippen LogP contribution in [0.15, 0.2) is 27.8 Å². The van der Waals surface area contributed by atoms with Gasteiger partial charge in [0.15, 0.2) is 0 Å². The summed E-state index contributed by atoms with van der Waals surface area (Å²) in [6.07, 6.45) is 4.85. The third-order valence-electron chi connectivity index (χ3n) is 3.14. The summed E-state index contributed by atoms with van der Waals surface area (Å²) >= 11 is 3.24. The van der Waals surface area contributed by atoms with E-state index in [0.717, 1.165) is 19.4 Å². The van der Waals surface area contributed by atoms with Gasteiger partial charge < -0.3 is 5.32 Å². The van der Waals surface area contributed by atoms with E-state index >= 15 is 0 Å². The minimum Gasteiger partial charge on any atom is -0.315 e. The zero-order chi connectivity index (χ0) is 13.2. The van der Waals surface area contributed by atoms with Gasteiger partial charge in [0.2, 0.25) is 10.0 Å². The largest absolute Gasteiger partial charge is 0.315 e. The van der Waals surface area contributed by atoms with Gasteiger partial charge in [-0.2, -0.15) is 4.31 Å². The highest BCUT2D eigenvalue weighted by molar-refractivity contribution is 9.10. The Morgan fingerprint density at radius 3 is 2.89 bits per heavy atom. The van der Waals surface area contributed by atoms with Gasteiger partial charge in [0, 0.05) is 36.5 Å². The van der Waals surface area contributed by atoms with Crippen molar-refractivity contribution in [3.05, 3.63) is 22.9 Å². The minimum atomic E-state index is -3.46. The highest BCUT2D eigenvalue weighted by Gasteiger charge is 2.29. The topological polar surface area (TPSA) is 62.3 Å². The number of hydrogen-bond donors (Lipinski definition) is 1. The fraction of sp³-hybridized carbons (Fsp3) is 0.545. The zero-order valence-corrected chi connectivity index (χ0v) is 12.5. The molecular weight excluding hydrogens is 318 g/mol. The lowest BCUT2D eigenvalue weighted by molar-refractivity contribution is 0.300. The van der Waals surface area contributed by atoms with Gasteiger partial charge in [-0.25, -0.2) is 8.42 Å². The molecule has 1 fully saturated rings. The van der Waals surface area contributed by atoms with Crippen LogP contribution < -0.4 is 5.32 Å². The number of nitrogens with zero attached hydrogens (tertiary/aromatic N) is 2. The van der Waals surface area contributed by atoms with Crippen LogP contribution in [0.25, 0.3) is 0 Å². The van der Waals surface area contributed by atoms with Crippen molar-refractivity contribution < 1.29 is 8.42 Å². The van der Waals surface area contributed by atoms with Crippen LogP contribution >= 0.6 is 15.9 Å². The van der Waals surface area contributed by atoms with E-state index in [1.54, 1.807) is 19.3 Å². The van der Waals surface area contributed by atoms with Gasteiger partial charge in [-0.3, -0.25) is 4.98 Å². The lowest BCUT2D eigenvalue weighted by Gasteiger charge is -2.30. The number of hydrogen-bond acceptors (Lipinski definition) is 4. The fourth-order valence-corrected chi connectivity index (χ4v) is 3.93. The number of piperidine rings is 1. The van der Waals surface area contributed by atoms with Gasteiger partial charge in [-0.05, 0) is 41.4 Å². The van der Waals surface area contributed by atoms with Crippen molar-refractivity contribution in [2.45, 2.75) is 23.8 Å². The van der Waals surface area contributed by atoms with Crippen LogP contribution in [0.3, 0.4) is 0 Å². The van der Waals surface area contributed by atoms with Crippen LogP contribution in [0.4, 0.5) is 0 Å². The van der Waals surface area contributed by atoms with Crippen molar-refractivity contribution in [1.82, 2.24) is 14.6 Å². The number of aromatic nitrogens is 1. The van der Waals surface area contributed by atoms with E-state index in [1.807, 2.05) is 0 Å². The average Bonchev–Trinajstić information content (AvgIpc) is 2.39. The van der Waals surface area contributed by atoms with E-state index in [4.69, 9.17) is 0 Å². The molecular formula is C11H16BrN3O2S. The Hall–Kier alpha value is -0.500. The van der Waals surface area contributed by atoms with Crippen LogP contribution in [-0.2, 0) is 10.0 Å². The van der Waals surface area contributed by atoms with Crippen molar-refractivity contribution in [2.75, 3.05) is 20.1 Å². The molecule has 1 atom stereocenters. The highest BCUT2D eigenvalue weighted by atomic mass is 79.9. The number of pyridine rings is 1. The Bertz CT molecular complexity index is 515. The van der Waals surface area contributed by atoms with Crippen molar-refractivity contribution in [1.29, 1.82) is 0 Å². The first-order valence-electron chi connectivity index (χ1n) is 5.81. The lowest BCUT2D eigenvalue weighted by Crippen LogP contribution is -2.46. The smallest absolute Gasteiger partial charge is 0.244 e. The lowest BCUT2D eigenvalue weighted by atomic mass is 10.1. The molecule has 2 rings (SSSR count). The Morgan fingerprint density at radius 1 is 1.50 bits per heavy atom. The second-order valence-corrected chi connectivity index (χ2v) is 7.27. The molecule has 7 heteroatoms. The molecule has 1 aliphatic heterocycles. The van der Waals surface area contributed by atoms with E-state index in [0.29, 0.717) is 11.0 Å². The predicted molar refractivity (Wildman–Crippen MR) is 72.8 cm³/mol. The van der Waals surface area contributed by atoms with E-state index in [-0.39, 0.29) is 10.9 Å². The Labute approximate surface area is 116 Å². The zero-order valence-electron chi connectivity index (χ0n) is 10.1. The first-order valence-corrected chi connectivity index (χ1v) is 8.04. The number of rotatable bonds is 3. The second-order valence-electron chi connectivity index (χ2n) is 4.36. The number of halogens is 1. The summed E-state index contributed by atoms with van der Waals surface area (Å²) in [6, 6.07) is 1.59. The van der Waals surface area contributed by atoms with Gasteiger partial charge in [-0.1, -0.05) is 0 Å². The summed E-state index contributed by atoms with van der Waals surface area (Å²) in [6.45, 7) is 1.67. The summed E-state index contributed by atoms with van der Waals surface area (Å²) in [5.74, 6) is 0. The van der Waals surface area contributed by atoms with E-state index in [1.165, 1.54) is 10.5 Å². The second kappa shape index (κ2) is 5.64. The van der Waals surface area contributed by atoms with Crippen molar-refractivity contribution in [2.24, 2.45) is 0 Å². The maximum Gasteiger partial charge on any atom is 0.244 e. The van der Waals surface area contributed by atoms with Gasteiger partial charge in [0.1, 0.15) is 4.90 Å². The molecule has 100 valence electrons. The number of nitrogens with one attached hydrogen (secondary N) is 1. The molecule has 1 aromatic rings. The number of sulfonamides is 1. The molecule has 1 saturated heterocycles. The van der Waals surface area contributed by atoms with Gasteiger partial charge in [0.25, 0.3) is 0 Å². The summed E-state index contributed by atoms with van der Waals surface area (Å²) in [5.41, 5.74) is 0. The summed E-state index contributed by atoms with van der Waals surface area (Å²) in [4.78, 5) is 4.14. The van der Waals surface area contributed by atoms with Crippen LogP contribution in [0.5, 0.6) is 0 Å². The predicted octanol–water partition coefficient (Wildman–Crippen LogP) is 1.22. The van der Waals surface area contributed by atoms with Gasteiger partial charge in [-0.15, -0.1) is 0 Å². The quantitative estimate of drug-likeness (QED) is 0.903. The van der Waals surface area contributed by atoms with Crippen molar-refractivity contribution in [3.8, 4) is 0 Å². The third kappa shape index (κ3) is 2.90. The summed E-state index contributed by atoms with van der Waals surface area (Å²) in [7, 11) is -1.83. The number of likely N-dealkylation sites (N-methyl/N-ethyl adjacent to an activating group) is 1. The van der Waals surface area contributed by atoms with Crippen LogP contribution in [0.1, 0.15) is 12.8 Å². The molecule has 2 heterocycles. The molecule has 1 aromatic heterocycles. The van der Waals surface area contributed by atoms with Gasteiger partial charge in [0.05, 0.1) is 0 Å². The van der Waals surface area contributed by atoms with Gasteiger partial charge >= 0.3 is 0 Å². The van der Waals surface area contributed by atoms with E-state index in [9.17, 15) is 8.42 Å². The first-order chi connectivity index (χ1) is 8.51. The van der Waals surface area contributed by atoms with Crippen LogP contribution in [0.2, 0.25) is 0 Å². The summed E-state index contributed by atoms with van der Waals surface area (Å²) < 4.78 is 27.0. The molecule has 1 aliphatic rings. The van der Waals surface area contributed by atoms with Crippen molar-refractivity contribution >= 4 is 26.0 Å². The SMILES string of the molecule is CN(C1CCCNC1)S(=O)(=O)c1cncc(Br)c1. The molecule has 1 unspecified atom stereocenters. The molecule has 0 bridgehead atoms.